The molecule has 1 aromatic heterocycles. The van der Waals surface area contributed by atoms with Gasteiger partial charge in [0.2, 0.25) is 10.0 Å². The fourth-order valence-corrected chi connectivity index (χ4v) is 4.24. The number of sulfonamides is 1. The average molecular weight is 324 g/mol. The van der Waals surface area contributed by atoms with Gasteiger partial charge in [-0.25, -0.2) is 17.5 Å². The molecule has 8 heteroatoms. The van der Waals surface area contributed by atoms with Crippen molar-refractivity contribution < 1.29 is 12.8 Å². The third-order valence-corrected chi connectivity index (χ3v) is 5.90. The molecule has 1 fully saturated rings. The standard InChI is InChI=1S/C14H17FN4O2S/c1-11-10-13(2-3-14(11)15)22(20,21)18-7-4-12(5-8-18)19-9-6-16-17-19/h2-3,6,9-10,12H,4-5,7-8H2,1H3. The summed E-state index contributed by atoms with van der Waals surface area (Å²) < 4.78 is 41.8. The molecule has 0 radical (unpaired) electrons. The zero-order chi connectivity index (χ0) is 15.7. The minimum Gasteiger partial charge on any atom is -0.249 e. The predicted molar refractivity (Wildman–Crippen MR) is 78.2 cm³/mol. The minimum absolute atomic E-state index is 0.144. The van der Waals surface area contributed by atoms with Gasteiger partial charge in [-0.15, -0.1) is 5.10 Å². The maximum Gasteiger partial charge on any atom is 0.243 e. The SMILES string of the molecule is Cc1cc(S(=O)(=O)N2CCC(n3ccnn3)CC2)ccc1F. The van der Waals surface area contributed by atoms with Gasteiger partial charge in [0, 0.05) is 19.3 Å². The number of hydrogen-bond donors (Lipinski definition) is 0. The lowest BCUT2D eigenvalue weighted by atomic mass is 10.1. The van der Waals surface area contributed by atoms with Crippen molar-refractivity contribution in [1.82, 2.24) is 19.3 Å². The van der Waals surface area contributed by atoms with Crippen LogP contribution in [0.1, 0.15) is 24.4 Å². The van der Waals surface area contributed by atoms with E-state index in [4.69, 9.17) is 0 Å². The van der Waals surface area contributed by atoms with Gasteiger partial charge in [-0.05, 0) is 43.5 Å². The Kier molecular flexibility index (Phi) is 3.96. The first-order chi connectivity index (χ1) is 10.5. The summed E-state index contributed by atoms with van der Waals surface area (Å²) in [6.07, 6.45) is 4.77. The molecule has 1 saturated heterocycles. The van der Waals surface area contributed by atoms with Crippen molar-refractivity contribution in [3.63, 3.8) is 0 Å². The van der Waals surface area contributed by atoms with Crippen molar-refractivity contribution in [1.29, 1.82) is 0 Å². The predicted octanol–water partition coefficient (Wildman–Crippen LogP) is 1.75. The number of nitrogens with zero attached hydrogens (tertiary/aromatic N) is 4. The number of halogens is 1. The zero-order valence-electron chi connectivity index (χ0n) is 12.2. The lowest BCUT2D eigenvalue weighted by Crippen LogP contribution is -2.39. The molecule has 1 aliphatic rings. The quantitative estimate of drug-likeness (QED) is 0.862. The van der Waals surface area contributed by atoms with Gasteiger partial charge in [-0.1, -0.05) is 5.21 Å². The minimum atomic E-state index is -3.57. The molecule has 2 heterocycles. The summed E-state index contributed by atoms with van der Waals surface area (Å²) in [5, 5.41) is 7.74. The van der Waals surface area contributed by atoms with Crippen molar-refractivity contribution in [2.75, 3.05) is 13.1 Å². The van der Waals surface area contributed by atoms with E-state index >= 15 is 0 Å². The first-order valence-corrected chi connectivity index (χ1v) is 8.54. The van der Waals surface area contributed by atoms with E-state index in [1.807, 2.05) is 0 Å². The maximum atomic E-state index is 13.3. The van der Waals surface area contributed by atoms with Gasteiger partial charge in [-0.3, -0.25) is 0 Å². The maximum absolute atomic E-state index is 13.3. The van der Waals surface area contributed by atoms with Crippen LogP contribution in [0.25, 0.3) is 0 Å². The molecular formula is C14H17FN4O2S. The highest BCUT2D eigenvalue weighted by atomic mass is 32.2. The van der Waals surface area contributed by atoms with Gasteiger partial charge >= 0.3 is 0 Å². The largest absolute Gasteiger partial charge is 0.249 e. The third-order valence-electron chi connectivity index (χ3n) is 4.01. The van der Waals surface area contributed by atoms with Gasteiger partial charge in [0.25, 0.3) is 0 Å². The smallest absolute Gasteiger partial charge is 0.243 e. The van der Waals surface area contributed by atoms with Gasteiger partial charge in [0.1, 0.15) is 5.82 Å². The van der Waals surface area contributed by atoms with Crippen molar-refractivity contribution >= 4 is 10.0 Å². The van der Waals surface area contributed by atoms with E-state index in [2.05, 4.69) is 10.3 Å². The molecular weight excluding hydrogens is 307 g/mol. The second kappa shape index (κ2) is 5.77. The second-order valence-corrected chi connectivity index (χ2v) is 7.37. The molecule has 0 atom stereocenters. The van der Waals surface area contributed by atoms with E-state index in [1.54, 1.807) is 24.0 Å². The molecule has 0 bridgehead atoms. The molecule has 0 unspecified atom stereocenters. The molecule has 0 saturated carbocycles. The number of benzene rings is 1. The van der Waals surface area contributed by atoms with Gasteiger partial charge in [0.15, 0.2) is 0 Å². The number of rotatable bonds is 3. The number of aromatic nitrogens is 3. The first-order valence-electron chi connectivity index (χ1n) is 7.10. The molecule has 0 N–H and O–H groups in total. The van der Waals surface area contributed by atoms with Crippen LogP contribution in [0.5, 0.6) is 0 Å². The molecule has 1 aliphatic heterocycles. The van der Waals surface area contributed by atoms with Crippen molar-refractivity contribution in [2.24, 2.45) is 0 Å². The lowest BCUT2D eigenvalue weighted by molar-refractivity contribution is 0.258. The van der Waals surface area contributed by atoms with Crippen LogP contribution in [-0.2, 0) is 10.0 Å². The summed E-state index contributed by atoms with van der Waals surface area (Å²) in [5.74, 6) is -0.399. The van der Waals surface area contributed by atoms with Crippen LogP contribution in [0.2, 0.25) is 0 Å². The molecule has 3 rings (SSSR count). The zero-order valence-corrected chi connectivity index (χ0v) is 13.0. The molecule has 0 spiro atoms. The van der Waals surface area contributed by atoms with E-state index in [-0.39, 0.29) is 10.9 Å². The highest BCUT2D eigenvalue weighted by molar-refractivity contribution is 7.89. The van der Waals surface area contributed by atoms with Crippen molar-refractivity contribution in [2.45, 2.75) is 30.7 Å². The molecule has 118 valence electrons. The Balaban J connectivity index is 1.75. The topological polar surface area (TPSA) is 68.1 Å². The normalized spacial score (nSPS) is 17.7. The van der Waals surface area contributed by atoms with E-state index in [9.17, 15) is 12.8 Å². The molecule has 0 amide bonds. The van der Waals surface area contributed by atoms with Gasteiger partial charge < -0.3 is 0 Å². The highest BCUT2D eigenvalue weighted by Gasteiger charge is 2.30. The number of hydrogen-bond acceptors (Lipinski definition) is 4. The fourth-order valence-electron chi connectivity index (χ4n) is 2.69. The third kappa shape index (κ3) is 2.76. The Bertz CT molecular complexity index is 753. The Labute approximate surface area is 128 Å². The summed E-state index contributed by atoms with van der Waals surface area (Å²) in [6, 6.07) is 4.07. The Morgan fingerprint density at radius 1 is 1.27 bits per heavy atom. The second-order valence-electron chi connectivity index (χ2n) is 5.43. The summed E-state index contributed by atoms with van der Waals surface area (Å²) in [6.45, 7) is 2.40. The van der Waals surface area contributed by atoms with Crippen molar-refractivity contribution in [3.8, 4) is 0 Å². The Morgan fingerprint density at radius 3 is 2.59 bits per heavy atom. The molecule has 0 aliphatic carbocycles. The highest BCUT2D eigenvalue weighted by Crippen LogP contribution is 2.26. The average Bonchev–Trinajstić information content (AvgIpc) is 3.04. The van der Waals surface area contributed by atoms with E-state index in [1.165, 1.54) is 22.5 Å². The van der Waals surface area contributed by atoms with Crippen LogP contribution in [0, 0.1) is 12.7 Å². The molecule has 1 aromatic carbocycles. The van der Waals surface area contributed by atoms with Crippen LogP contribution in [0.3, 0.4) is 0 Å². The monoisotopic (exact) mass is 324 g/mol. The summed E-state index contributed by atoms with van der Waals surface area (Å²) in [7, 11) is -3.57. The number of piperidine rings is 1. The van der Waals surface area contributed by atoms with Crippen LogP contribution < -0.4 is 0 Å². The summed E-state index contributed by atoms with van der Waals surface area (Å²) in [5.41, 5.74) is 0.332. The molecule has 2 aromatic rings. The number of aryl methyl sites for hydroxylation is 1. The Hall–Kier alpha value is -1.80. The first kappa shape index (κ1) is 15.1. The van der Waals surface area contributed by atoms with Gasteiger partial charge in [0.05, 0.1) is 17.1 Å². The van der Waals surface area contributed by atoms with Crippen molar-refractivity contribution in [3.05, 3.63) is 42.0 Å². The summed E-state index contributed by atoms with van der Waals surface area (Å²) >= 11 is 0. The van der Waals surface area contributed by atoms with Crippen LogP contribution >= 0.6 is 0 Å². The van der Waals surface area contributed by atoms with E-state index < -0.39 is 15.8 Å². The van der Waals surface area contributed by atoms with E-state index in [0.29, 0.717) is 31.5 Å². The lowest BCUT2D eigenvalue weighted by Gasteiger charge is -2.31. The molecule has 22 heavy (non-hydrogen) atoms. The molecule has 6 nitrogen and oxygen atoms in total. The fraction of sp³-hybridized carbons (Fsp3) is 0.429. The summed E-state index contributed by atoms with van der Waals surface area (Å²) in [4.78, 5) is 0.144. The van der Waals surface area contributed by atoms with E-state index in [0.717, 1.165) is 0 Å². The van der Waals surface area contributed by atoms with Crippen LogP contribution in [0.4, 0.5) is 4.39 Å². The Morgan fingerprint density at radius 2 is 2.00 bits per heavy atom. The van der Waals surface area contributed by atoms with Crippen LogP contribution in [-0.4, -0.2) is 40.8 Å². The van der Waals surface area contributed by atoms with Crippen LogP contribution in [0.15, 0.2) is 35.5 Å². The van der Waals surface area contributed by atoms with Gasteiger partial charge in [-0.2, -0.15) is 4.31 Å².